The summed E-state index contributed by atoms with van der Waals surface area (Å²) < 4.78 is 11.6. The predicted molar refractivity (Wildman–Crippen MR) is 96.8 cm³/mol. The van der Waals surface area contributed by atoms with Crippen molar-refractivity contribution in [1.29, 1.82) is 0 Å². The van der Waals surface area contributed by atoms with Crippen molar-refractivity contribution in [3.63, 3.8) is 0 Å². The summed E-state index contributed by atoms with van der Waals surface area (Å²) in [6.45, 7) is 0.408. The second-order valence-corrected chi connectivity index (χ2v) is 7.82. The van der Waals surface area contributed by atoms with Crippen LogP contribution in [0.4, 0.5) is 0 Å². The maximum atomic E-state index is 12.7. The number of rotatable bonds is 3. The minimum Gasteiger partial charge on any atom is -0.467 e. The summed E-state index contributed by atoms with van der Waals surface area (Å²) in [6.07, 6.45) is 4.98. The number of furan rings is 1. The molecule has 2 heterocycles. The summed E-state index contributed by atoms with van der Waals surface area (Å²) in [5.41, 5.74) is -0.0936. The fraction of sp³-hybridized carbons (Fsp3) is 0.429. The van der Waals surface area contributed by atoms with Gasteiger partial charge in [-0.15, -0.1) is 0 Å². The van der Waals surface area contributed by atoms with Crippen LogP contribution in [-0.4, -0.2) is 17.5 Å². The number of carbonyl (C=O) groups is 2. The average Bonchev–Trinajstić information content (AvgIpc) is 3.20. The largest absolute Gasteiger partial charge is 0.467 e. The second kappa shape index (κ2) is 6.15. The van der Waals surface area contributed by atoms with Crippen molar-refractivity contribution in [2.75, 3.05) is 0 Å². The third-order valence-electron chi connectivity index (χ3n) is 6.32. The highest BCUT2D eigenvalue weighted by Gasteiger charge is 2.57. The van der Waals surface area contributed by atoms with E-state index in [-0.39, 0.29) is 29.6 Å². The first-order chi connectivity index (χ1) is 13.1. The van der Waals surface area contributed by atoms with Crippen LogP contribution < -0.4 is 15.4 Å². The fourth-order valence-corrected chi connectivity index (χ4v) is 5.00. The Kier molecular flexibility index (Phi) is 3.74. The standard InChI is InChI=1S/C21H22N2O4/c24-19(22-12-15-4-3-9-26-15)17-10-14-8-7-13(17)11-21(14)23-20(25)16-5-1-2-6-18(16)27-21/h1-6,9,13-14,17H,7-8,10-12H2,(H,22,24)(H,23,25)/t13-,14+,17+,21+/m1/s1. The summed E-state index contributed by atoms with van der Waals surface area (Å²) in [5, 5.41) is 6.12. The zero-order valence-electron chi connectivity index (χ0n) is 14.9. The quantitative estimate of drug-likeness (QED) is 0.875. The van der Waals surface area contributed by atoms with Crippen molar-refractivity contribution < 1.29 is 18.7 Å². The average molecular weight is 366 g/mol. The predicted octanol–water partition coefficient (Wildman–Crippen LogP) is 2.85. The number of hydrogen-bond acceptors (Lipinski definition) is 4. The van der Waals surface area contributed by atoms with Crippen molar-refractivity contribution in [2.24, 2.45) is 17.8 Å². The highest BCUT2D eigenvalue weighted by Crippen LogP contribution is 2.52. The smallest absolute Gasteiger partial charge is 0.258 e. The topological polar surface area (TPSA) is 80.6 Å². The Bertz CT molecular complexity index is 878. The summed E-state index contributed by atoms with van der Waals surface area (Å²) >= 11 is 0. The van der Waals surface area contributed by atoms with Crippen molar-refractivity contribution in [1.82, 2.24) is 10.6 Å². The number of hydrogen-bond donors (Lipinski definition) is 2. The Balaban J connectivity index is 1.32. The Morgan fingerprint density at radius 1 is 1.22 bits per heavy atom. The van der Waals surface area contributed by atoms with Crippen LogP contribution >= 0.6 is 0 Å². The van der Waals surface area contributed by atoms with E-state index >= 15 is 0 Å². The van der Waals surface area contributed by atoms with Gasteiger partial charge in [0.2, 0.25) is 5.91 Å². The maximum absolute atomic E-state index is 12.7. The number of fused-ring (bicyclic) bond motifs is 3. The molecular formula is C21H22N2O4. The third kappa shape index (κ3) is 2.71. The zero-order valence-corrected chi connectivity index (χ0v) is 14.9. The lowest BCUT2D eigenvalue weighted by Crippen LogP contribution is -2.66. The minimum atomic E-state index is -0.674. The van der Waals surface area contributed by atoms with Crippen LogP contribution in [0.1, 0.15) is 41.8 Å². The van der Waals surface area contributed by atoms with E-state index in [1.807, 2.05) is 30.3 Å². The van der Waals surface area contributed by atoms with Crippen LogP contribution in [0.2, 0.25) is 0 Å². The van der Waals surface area contributed by atoms with E-state index < -0.39 is 5.72 Å². The van der Waals surface area contributed by atoms with Gasteiger partial charge < -0.3 is 19.8 Å². The van der Waals surface area contributed by atoms with Gasteiger partial charge in [0.05, 0.1) is 18.4 Å². The van der Waals surface area contributed by atoms with Crippen LogP contribution in [-0.2, 0) is 11.3 Å². The Morgan fingerprint density at radius 2 is 2.11 bits per heavy atom. The molecule has 4 aliphatic rings. The first-order valence-electron chi connectivity index (χ1n) is 9.55. The zero-order chi connectivity index (χ0) is 18.4. The van der Waals surface area contributed by atoms with Gasteiger partial charge in [-0.2, -0.15) is 0 Å². The lowest BCUT2D eigenvalue weighted by molar-refractivity contribution is -0.146. The lowest BCUT2D eigenvalue weighted by atomic mass is 9.60. The number of carbonyl (C=O) groups excluding carboxylic acids is 2. The maximum Gasteiger partial charge on any atom is 0.258 e. The van der Waals surface area contributed by atoms with Crippen LogP contribution in [0.3, 0.4) is 0 Å². The molecule has 140 valence electrons. The number of ether oxygens (including phenoxy) is 1. The monoisotopic (exact) mass is 366 g/mol. The van der Waals surface area contributed by atoms with Gasteiger partial charge in [0.25, 0.3) is 5.91 Å². The van der Waals surface area contributed by atoms with Crippen molar-refractivity contribution in [2.45, 2.75) is 38.0 Å². The van der Waals surface area contributed by atoms with Crippen molar-refractivity contribution in [3.05, 3.63) is 54.0 Å². The van der Waals surface area contributed by atoms with Crippen molar-refractivity contribution in [3.8, 4) is 5.75 Å². The first kappa shape index (κ1) is 16.4. The minimum absolute atomic E-state index is 0.0398. The van der Waals surface area contributed by atoms with Crippen LogP contribution in [0.15, 0.2) is 47.1 Å². The molecule has 3 aliphatic carbocycles. The normalized spacial score (nSPS) is 31.1. The highest BCUT2D eigenvalue weighted by atomic mass is 16.5. The van der Waals surface area contributed by atoms with E-state index in [9.17, 15) is 9.59 Å². The van der Waals surface area contributed by atoms with E-state index in [2.05, 4.69) is 10.6 Å². The molecule has 6 heteroatoms. The van der Waals surface area contributed by atoms with Gasteiger partial charge >= 0.3 is 0 Å². The summed E-state index contributed by atoms with van der Waals surface area (Å²) in [7, 11) is 0. The molecule has 1 aromatic heterocycles. The van der Waals surface area contributed by atoms with Gasteiger partial charge in [-0.25, -0.2) is 0 Å². The summed E-state index contributed by atoms with van der Waals surface area (Å²) in [5.74, 6) is 1.69. The number of nitrogens with one attached hydrogen (secondary N) is 2. The van der Waals surface area contributed by atoms with Gasteiger partial charge in [-0.3, -0.25) is 9.59 Å². The van der Waals surface area contributed by atoms with E-state index in [0.29, 0.717) is 24.3 Å². The molecule has 1 spiro atoms. The molecule has 3 fully saturated rings. The third-order valence-corrected chi connectivity index (χ3v) is 6.32. The number of amides is 2. The van der Waals surface area contributed by atoms with E-state index in [0.717, 1.165) is 25.0 Å². The van der Waals surface area contributed by atoms with Gasteiger partial charge in [-0.1, -0.05) is 12.1 Å². The summed E-state index contributed by atoms with van der Waals surface area (Å²) in [6, 6.07) is 11.0. The van der Waals surface area contributed by atoms with Crippen LogP contribution in [0, 0.1) is 17.8 Å². The molecule has 2 amide bonds. The molecule has 3 saturated carbocycles. The molecule has 6 nitrogen and oxygen atoms in total. The molecule has 2 aromatic rings. The Hall–Kier alpha value is -2.76. The molecule has 2 N–H and O–H groups in total. The van der Waals surface area contributed by atoms with Crippen LogP contribution in [0.25, 0.3) is 0 Å². The van der Waals surface area contributed by atoms with E-state index in [1.165, 1.54) is 0 Å². The Labute approximate surface area is 157 Å². The molecule has 2 bridgehead atoms. The molecule has 4 atom stereocenters. The fourth-order valence-electron chi connectivity index (χ4n) is 5.00. The lowest BCUT2D eigenvalue weighted by Gasteiger charge is -2.55. The number of para-hydroxylation sites is 1. The summed E-state index contributed by atoms with van der Waals surface area (Å²) in [4.78, 5) is 25.3. The van der Waals surface area contributed by atoms with Crippen LogP contribution in [0.5, 0.6) is 5.75 Å². The molecular weight excluding hydrogens is 344 g/mol. The van der Waals surface area contributed by atoms with Gasteiger partial charge in [0.15, 0.2) is 5.72 Å². The molecule has 1 aliphatic heterocycles. The first-order valence-corrected chi connectivity index (χ1v) is 9.55. The van der Waals surface area contributed by atoms with Gasteiger partial charge in [-0.05, 0) is 49.4 Å². The molecule has 0 saturated heterocycles. The number of benzene rings is 1. The molecule has 1 aromatic carbocycles. The molecule has 0 unspecified atom stereocenters. The molecule has 0 radical (unpaired) electrons. The molecule has 27 heavy (non-hydrogen) atoms. The van der Waals surface area contributed by atoms with Crippen molar-refractivity contribution >= 4 is 11.8 Å². The highest BCUT2D eigenvalue weighted by molar-refractivity contribution is 5.98. The Morgan fingerprint density at radius 3 is 2.89 bits per heavy atom. The van der Waals surface area contributed by atoms with E-state index in [1.54, 1.807) is 12.3 Å². The van der Waals surface area contributed by atoms with Gasteiger partial charge in [0.1, 0.15) is 11.5 Å². The second-order valence-electron chi connectivity index (χ2n) is 7.82. The van der Waals surface area contributed by atoms with E-state index in [4.69, 9.17) is 9.15 Å². The molecule has 6 rings (SSSR count). The SMILES string of the molecule is O=C1N[C@@]2(C[C@H]3CC[C@H]2C[C@@H]3C(=O)NCc2ccco2)Oc2ccccc21. The van der Waals surface area contributed by atoms with Gasteiger partial charge in [0, 0.05) is 18.3 Å².